The predicted molar refractivity (Wildman–Crippen MR) is 135 cm³/mol. The van der Waals surface area contributed by atoms with Crippen LogP contribution in [0, 0.1) is 26.2 Å². The SMILES string of the molecule is CC(C)(C)S.Cc1cc(N2CCC3(CCCC3)CC2)cnc1-c1cccc(C)c1C. The van der Waals surface area contributed by atoms with Crippen LogP contribution < -0.4 is 4.90 Å². The molecule has 1 aliphatic heterocycles. The van der Waals surface area contributed by atoms with Crippen molar-refractivity contribution in [2.45, 2.75) is 84.8 Å². The molecule has 2 fully saturated rings. The van der Waals surface area contributed by atoms with Gasteiger partial charge in [0.15, 0.2) is 0 Å². The highest BCUT2D eigenvalue weighted by molar-refractivity contribution is 7.81. The molecule has 1 spiro atoms. The van der Waals surface area contributed by atoms with E-state index in [1.165, 1.54) is 79.6 Å². The van der Waals surface area contributed by atoms with Gasteiger partial charge in [0, 0.05) is 23.4 Å². The number of benzene rings is 1. The molecule has 2 aliphatic rings. The number of hydrogen-bond acceptors (Lipinski definition) is 3. The Morgan fingerprint density at radius 3 is 2.10 bits per heavy atom. The third-order valence-electron chi connectivity index (χ3n) is 6.78. The molecule has 1 aromatic heterocycles. The van der Waals surface area contributed by atoms with Gasteiger partial charge < -0.3 is 4.90 Å². The van der Waals surface area contributed by atoms with E-state index in [0.29, 0.717) is 5.41 Å². The summed E-state index contributed by atoms with van der Waals surface area (Å²) in [6.45, 7) is 15.1. The Morgan fingerprint density at radius 1 is 0.933 bits per heavy atom. The maximum atomic E-state index is 4.87. The molecule has 0 radical (unpaired) electrons. The van der Waals surface area contributed by atoms with Crippen molar-refractivity contribution in [1.29, 1.82) is 0 Å². The highest BCUT2D eigenvalue weighted by atomic mass is 32.1. The van der Waals surface area contributed by atoms with Crippen molar-refractivity contribution in [2.75, 3.05) is 18.0 Å². The Hall–Kier alpha value is -1.48. The second-order valence-electron chi connectivity index (χ2n) is 10.5. The maximum absolute atomic E-state index is 4.87. The van der Waals surface area contributed by atoms with Crippen LogP contribution in [0.4, 0.5) is 5.69 Å². The van der Waals surface area contributed by atoms with Crippen LogP contribution in [0.15, 0.2) is 30.5 Å². The molecule has 1 aromatic carbocycles. The normalized spacial score (nSPS) is 18.3. The lowest BCUT2D eigenvalue weighted by atomic mass is 9.77. The van der Waals surface area contributed by atoms with E-state index < -0.39 is 0 Å². The van der Waals surface area contributed by atoms with E-state index in [2.05, 4.69) is 89.5 Å². The van der Waals surface area contributed by atoms with Crippen LogP contribution in [-0.4, -0.2) is 22.8 Å². The molecule has 0 unspecified atom stereocenters. The van der Waals surface area contributed by atoms with Crippen molar-refractivity contribution in [3.8, 4) is 11.3 Å². The average Bonchev–Trinajstić information content (AvgIpc) is 3.12. The van der Waals surface area contributed by atoms with Gasteiger partial charge in [-0.05, 0) is 74.6 Å². The number of aromatic nitrogens is 1. The van der Waals surface area contributed by atoms with Crippen molar-refractivity contribution in [3.05, 3.63) is 47.2 Å². The zero-order chi connectivity index (χ0) is 21.9. The topological polar surface area (TPSA) is 16.1 Å². The summed E-state index contributed by atoms with van der Waals surface area (Å²) in [6.07, 6.45) is 10.6. The lowest BCUT2D eigenvalue weighted by Gasteiger charge is -2.40. The van der Waals surface area contributed by atoms with Gasteiger partial charge in [-0.2, -0.15) is 12.6 Å². The fraction of sp³-hybridized carbons (Fsp3) is 0.593. The zero-order valence-electron chi connectivity index (χ0n) is 19.9. The average molecular weight is 425 g/mol. The molecule has 1 saturated heterocycles. The Bertz CT molecular complexity index is 844. The van der Waals surface area contributed by atoms with Gasteiger partial charge in [0.05, 0.1) is 17.6 Å². The fourth-order valence-electron chi connectivity index (χ4n) is 4.89. The van der Waals surface area contributed by atoms with Gasteiger partial charge in [-0.3, -0.25) is 4.98 Å². The van der Waals surface area contributed by atoms with Gasteiger partial charge in [0.25, 0.3) is 0 Å². The van der Waals surface area contributed by atoms with E-state index >= 15 is 0 Å². The van der Waals surface area contributed by atoms with Crippen molar-refractivity contribution < 1.29 is 0 Å². The first-order valence-corrected chi connectivity index (χ1v) is 12.0. The van der Waals surface area contributed by atoms with E-state index in [-0.39, 0.29) is 4.75 Å². The number of rotatable bonds is 2. The lowest BCUT2D eigenvalue weighted by Crippen LogP contribution is -2.38. The van der Waals surface area contributed by atoms with Gasteiger partial charge in [0.1, 0.15) is 0 Å². The van der Waals surface area contributed by atoms with Gasteiger partial charge in [0.2, 0.25) is 0 Å². The van der Waals surface area contributed by atoms with Crippen molar-refractivity contribution in [1.82, 2.24) is 4.98 Å². The number of aryl methyl sites for hydroxylation is 2. The molecule has 164 valence electrons. The Kier molecular flexibility index (Phi) is 7.22. The molecule has 0 atom stereocenters. The number of thiol groups is 1. The minimum Gasteiger partial charge on any atom is -0.370 e. The quantitative estimate of drug-likeness (QED) is 0.501. The van der Waals surface area contributed by atoms with E-state index in [4.69, 9.17) is 4.98 Å². The van der Waals surface area contributed by atoms with E-state index in [0.717, 1.165) is 5.69 Å². The summed E-state index contributed by atoms with van der Waals surface area (Å²) >= 11 is 4.12. The molecule has 30 heavy (non-hydrogen) atoms. The van der Waals surface area contributed by atoms with Crippen molar-refractivity contribution >= 4 is 18.3 Å². The van der Waals surface area contributed by atoms with Crippen LogP contribution in [0.25, 0.3) is 11.3 Å². The number of anilines is 1. The zero-order valence-corrected chi connectivity index (χ0v) is 20.8. The molecule has 3 heteroatoms. The molecular formula is C27H40N2S. The maximum Gasteiger partial charge on any atom is 0.0735 e. The summed E-state index contributed by atoms with van der Waals surface area (Å²) in [5.41, 5.74) is 8.35. The van der Waals surface area contributed by atoms with Crippen molar-refractivity contribution in [2.24, 2.45) is 5.41 Å². The first-order chi connectivity index (χ1) is 14.1. The minimum absolute atomic E-state index is 0.194. The van der Waals surface area contributed by atoms with Crippen LogP contribution in [0.3, 0.4) is 0 Å². The summed E-state index contributed by atoms with van der Waals surface area (Å²) in [5, 5.41) is 0. The Balaban J connectivity index is 0.000000461. The molecule has 2 heterocycles. The first-order valence-electron chi connectivity index (χ1n) is 11.6. The smallest absolute Gasteiger partial charge is 0.0735 e. The largest absolute Gasteiger partial charge is 0.370 e. The number of piperidine rings is 1. The minimum atomic E-state index is 0.194. The standard InChI is InChI=1S/C23H30N2.C4H10S/c1-17-7-6-8-21(19(17)3)22-18(2)15-20(16-24-22)25-13-11-23(12-14-25)9-4-5-10-23;1-4(2,3)5/h6-8,15-16H,4-5,9-14H2,1-3H3;5H,1-3H3. The molecule has 2 nitrogen and oxygen atoms in total. The monoisotopic (exact) mass is 424 g/mol. The van der Waals surface area contributed by atoms with Gasteiger partial charge >= 0.3 is 0 Å². The first kappa shape index (κ1) is 23.2. The summed E-state index contributed by atoms with van der Waals surface area (Å²) in [6, 6.07) is 8.85. The van der Waals surface area contributed by atoms with Gasteiger partial charge in [-0.1, -0.05) is 51.8 Å². The van der Waals surface area contributed by atoms with E-state index in [1.807, 2.05) is 0 Å². The highest BCUT2D eigenvalue weighted by Crippen LogP contribution is 2.46. The van der Waals surface area contributed by atoms with Crippen LogP contribution in [0.1, 0.15) is 76.0 Å². The molecular weight excluding hydrogens is 384 g/mol. The van der Waals surface area contributed by atoms with Crippen LogP contribution >= 0.6 is 12.6 Å². The van der Waals surface area contributed by atoms with Crippen LogP contribution in [0.2, 0.25) is 0 Å². The van der Waals surface area contributed by atoms with E-state index in [9.17, 15) is 0 Å². The second-order valence-corrected chi connectivity index (χ2v) is 11.8. The fourth-order valence-corrected chi connectivity index (χ4v) is 4.89. The Morgan fingerprint density at radius 2 is 1.53 bits per heavy atom. The number of hydrogen-bond donors (Lipinski definition) is 1. The molecule has 1 aliphatic carbocycles. The molecule has 0 amide bonds. The second kappa shape index (κ2) is 9.34. The van der Waals surface area contributed by atoms with Gasteiger partial charge in [-0.25, -0.2) is 0 Å². The third kappa shape index (κ3) is 5.81. The summed E-state index contributed by atoms with van der Waals surface area (Å²) in [7, 11) is 0. The lowest BCUT2D eigenvalue weighted by molar-refractivity contribution is 0.226. The number of pyridine rings is 1. The Labute approximate surface area is 189 Å². The molecule has 0 N–H and O–H groups in total. The number of nitrogens with zero attached hydrogens (tertiary/aromatic N) is 2. The van der Waals surface area contributed by atoms with Crippen LogP contribution in [-0.2, 0) is 0 Å². The highest BCUT2D eigenvalue weighted by Gasteiger charge is 2.37. The summed E-state index contributed by atoms with van der Waals surface area (Å²) < 4.78 is 0.194. The van der Waals surface area contributed by atoms with Gasteiger partial charge in [-0.15, -0.1) is 0 Å². The molecule has 1 saturated carbocycles. The predicted octanol–water partition coefficient (Wildman–Crippen LogP) is 7.55. The summed E-state index contributed by atoms with van der Waals surface area (Å²) in [4.78, 5) is 7.42. The molecule has 0 bridgehead atoms. The summed E-state index contributed by atoms with van der Waals surface area (Å²) in [5.74, 6) is 0. The third-order valence-corrected chi connectivity index (χ3v) is 6.78. The van der Waals surface area contributed by atoms with Crippen molar-refractivity contribution in [3.63, 3.8) is 0 Å². The van der Waals surface area contributed by atoms with Crippen LogP contribution in [0.5, 0.6) is 0 Å². The molecule has 2 aromatic rings. The van der Waals surface area contributed by atoms with E-state index in [1.54, 1.807) is 0 Å². The molecule has 4 rings (SSSR count).